The maximum absolute atomic E-state index is 12.9. The van der Waals surface area contributed by atoms with Crippen LogP contribution in [-0.2, 0) is 14.3 Å². The van der Waals surface area contributed by atoms with Gasteiger partial charge in [0.2, 0.25) is 5.91 Å². The minimum Gasteiger partial charge on any atom is -0.394 e. The molecule has 9 heteroatoms. The summed E-state index contributed by atoms with van der Waals surface area (Å²) in [5.74, 6) is -0.202. The van der Waals surface area contributed by atoms with E-state index in [1.165, 1.54) is 109 Å². The summed E-state index contributed by atoms with van der Waals surface area (Å²) in [6.07, 6.45) is 41.5. The summed E-state index contributed by atoms with van der Waals surface area (Å²) in [7, 11) is 0. The Morgan fingerprint density at radius 2 is 1.00 bits per heavy atom. The standard InChI is InChI=1S/C48H87NO8/c1-3-5-7-9-11-13-15-17-19-20-21-22-23-24-25-27-29-31-33-35-37-42(51)41(40-56-48-47(55)46(54)45(53)43(39-50)57-48)49-44(52)38-36-34-32-30-28-26-18-16-14-12-10-8-6-4-2/h16,18,22-23,27,29,35,37,41-43,45-48,50-51,53-55H,3-15,17,19-21,24-26,28,30-34,36,38-40H2,1-2H3,(H,49,52)/b18-16-,23-22+,29-27+,37-35+. The van der Waals surface area contributed by atoms with Gasteiger partial charge >= 0.3 is 0 Å². The molecule has 1 amide bonds. The van der Waals surface area contributed by atoms with E-state index in [1.54, 1.807) is 6.08 Å². The van der Waals surface area contributed by atoms with Crippen molar-refractivity contribution >= 4 is 5.91 Å². The number of nitrogens with one attached hydrogen (secondary N) is 1. The SMILES string of the molecule is CCCCCCC/C=C\CCCCCCCC(=O)NC(COC1OC(CO)C(O)C(O)C1O)C(O)/C=C/CC/C=C/CC/C=C/CCCCCCCCCCCC. The first-order valence-corrected chi connectivity index (χ1v) is 23.4. The number of aliphatic hydroxyl groups excluding tert-OH is 5. The van der Waals surface area contributed by atoms with E-state index in [4.69, 9.17) is 9.47 Å². The summed E-state index contributed by atoms with van der Waals surface area (Å²) in [5.41, 5.74) is 0. The molecule has 1 rings (SSSR count). The van der Waals surface area contributed by atoms with Gasteiger partial charge in [-0.15, -0.1) is 0 Å². The number of carbonyl (C=O) groups excluding carboxylic acids is 1. The molecule has 57 heavy (non-hydrogen) atoms. The Morgan fingerprint density at radius 3 is 1.47 bits per heavy atom. The van der Waals surface area contributed by atoms with Gasteiger partial charge in [0.05, 0.1) is 25.4 Å². The van der Waals surface area contributed by atoms with Crippen molar-refractivity contribution in [3.63, 3.8) is 0 Å². The van der Waals surface area contributed by atoms with Crippen LogP contribution < -0.4 is 5.32 Å². The van der Waals surface area contributed by atoms with Crippen LogP contribution in [0.2, 0.25) is 0 Å². The number of aliphatic hydroxyl groups is 5. The molecule has 332 valence electrons. The number of ether oxygens (including phenoxy) is 2. The van der Waals surface area contributed by atoms with E-state index in [0.29, 0.717) is 6.42 Å². The van der Waals surface area contributed by atoms with Gasteiger partial charge in [0.1, 0.15) is 24.4 Å². The summed E-state index contributed by atoms with van der Waals surface area (Å²) < 4.78 is 11.2. The molecule has 1 saturated heterocycles. The molecule has 1 fully saturated rings. The molecule has 7 unspecified atom stereocenters. The van der Waals surface area contributed by atoms with Crippen molar-refractivity contribution in [2.24, 2.45) is 0 Å². The van der Waals surface area contributed by atoms with Crippen molar-refractivity contribution in [2.75, 3.05) is 13.2 Å². The fourth-order valence-electron chi connectivity index (χ4n) is 7.06. The maximum Gasteiger partial charge on any atom is 0.220 e. The Morgan fingerprint density at radius 1 is 0.579 bits per heavy atom. The quantitative estimate of drug-likeness (QED) is 0.0267. The summed E-state index contributed by atoms with van der Waals surface area (Å²) >= 11 is 0. The molecule has 0 aromatic heterocycles. The monoisotopic (exact) mass is 806 g/mol. The van der Waals surface area contributed by atoms with Gasteiger partial charge in [-0.25, -0.2) is 0 Å². The topological polar surface area (TPSA) is 149 Å². The molecule has 0 aromatic carbocycles. The summed E-state index contributed by atoms with van der Waals surface area (Å²) in [4.78, 5) is 12.9. The summed E-state index contributed by atoms with van der Waals surface area (Å²) in [6.45, 7) is 3.73. The van der Waals surface area contributed by atoms with Crippen LogP contribution in [0, 0.1) is 0 Å². The molecule has 0 aromatic rings. The summed E-state index contributed by atoms with van der Waals surface area (Å²) in [6, 6.07) is -0.831. The molecular formula is C48H87NO8. The van der Waals surface area contributed by atoms with Gasteiger partial charge in [-0.1, -0.05) is 165 Å². The molecule has 9 nitrogen and oxygen atoms in total. The highest BCUT2D eigenvalue weighted by atomic mass is 16.7. The van der Waals surface area contributed by atoms with Crippen LogP contribution in [0.1, 0.15) is 194 Å². The molecule has 1 aliphatic rings. The first kappa shape index (κ1) is 53.2. The molecule has 0 saturated carbocycles. The van der Waals surface area contributed by atoms with Crippen molar-refractivity contribution in [3.8, 4) is 0 Å². The Kier molecular flexibility index (Phi) is 35.8. The van der Waals surface area contributed by atoms with Gasteiger partial charge in [-0.05, 0) is 70.6 Å². The number of amides is 1. The highest BCUT2D eigenvalue weighted by molar-refractivity contribution is 5.76. The van der Waals surface area contributed by atoms with Crippen molar-refractivity contribution < 1.29 is 39.8 Å². The molecule has 0 radical (unpaired) electrons. The molecular weight excluding hydrogens is 719 g/mol. The van der Waals surface area contributed by atoms with Crippen LogP contribution in [0.4, 0.5) is 0 Å². The van der Waals surface area contributed by atoms with Crippen LogP contribution in [0.5, 0.6) is 0 Å². The third-order valence-corrected chi connectivity index (χ3v) is 10.9. The number of hydrogen-bond donors (Lipinski definition) is 6. The van der Waals surface area contributed by atoms with Crippen LogP contribution in [0.25, 0.3) is 0 Å². The zero-order valence-corrected chi connectivity index (χ0v) is 36.3. The van der Waals surface area contributed by atoms with Crippen molar-refractivity contribution in [1.29, 1.82) is 0 Å². The lowest BCUT2D eigenvalue weighted by atomic mass is 9.99. The molecule has 0 aliphatic carbocycles. The van der Waals surface area contributed by atoms with Crippen molar-refractivity contribution in [1.82, 2.24) is 5.32 Å². The van der Waals surface area contributed by atoms with Crippen LogP contribution in [0.15, 0.2) is 48.6 Å². The lowest BCUT2D eigenvalue weighted by molar-refractivity contribution is -0.302. The van der Waals surface area contributed by atoms with Gasteiger partial charge in [0.15, 0.2) is 6.29 Å². The van der Waals surface area contributed by atoms with Gasteiger partial charge in [-0.3, -0.25) is 4.79 Å². The zero-order valence-electron chi connectivity index (χ0n) is 36.3. The maximum atomic E-state index is 12.9. The van der Waals surface area contributed by atoms with Crippen molar-refractivity contribution in [3.05, 3.63) is 48.6 Å². The van der Waals surface area contributed by atoms with Gasteiger partial charge in [0, 0.05) is 6.42 Å². The third kappa shape index (κ3) is 29.1. The smallest absolute Gasteiger partial charge is 0.220 e. The van der Waals surface area contributed by atoms with E-state index < -0.39 is 49.5 Å². The highest BCUT2D eigenvalue weighted by Crippen LogP contribution is 2.22. The van der Waals surface area contributed by atoms with E-state index in [-0.39, 0.29) is 12.5 Å². The third-order valence-electron chi connectivity index (χ3n) is 10.9. The predicted octanol–water partition coefficient (Wildman–Crippen LogP) is 9.84. The number of rotatable bonds is 38. The van der Waals surface area contributed by atoms with Gasteiger partial charge < -0.3 is 40.3 Å². The second-order valence-electron chi connectivity index (χ2n) is 16.2. The van der Waals surface area contributed by atoms with E-state index in [9.17, 15) is 30.3 Å². The Bertz CT molecular complexity index is 1030. The second kappa shape index (κ2) is 38.4. The molecule has 6 N–H and O–H groups in total. The van der Waals surface area contributed by atoms with Crippen LogP contribution >= 0.6 is 0 Å². The Labute approximate surface area is 348 Å². The Hall–Kier alpha value is -1.85. The van der Waals surface area contributed by atoms with Gasteiger partial charge in [-0.2, -0.15) is 0 Å². The minimum atomic E-state index is -1.58. The number of allylic oxidation sites excluding steroid dienone is 7. The molecule has 7 atom stereocenters. The lowest BCUT2D eigenvalue weighted by Crippen LogP contribution is -2.60. The van der Waals surface area contributed by atoms with Crippen molar-refractivity contribution in [2.45, 2.75) is 236 Å². The van der Waals surface area contributed by atoms with E-state index in [0.717, 1.165) is 64.2 Å². The average Bonchev–Trinajstić information content (AvgIpc) is 3.21. The fourth-order valence-corrected chi connectivity index (χ4v) is 7.06. The number of carbonyl (C=O) groups is 1. The predicted molar refractivity (Wildman–Crippen MR) is 235 cm³/mol. The molecule has 1 aliphatic heterocycles. The molecule has 1 heterocycles. The second-order valence-corrected chi connectivity index (χ2v) is 16.2. The van der Waals surface area contributed by atoms with E-state index in [1.807, 2.05) is 6.08 Å². The van der Waals surface area contributed by atoms with E-state index in [2.05, 4.69) is 55.6 Å². The minimum absolute atomic E-state index is 0.202. The van der Waals surface area contributed by atoms with Crippen LogP contribution in [-0.4, -0.2) is 87.5 Å². The fraction of sp³-hybridized carbons (Fsp3) is 0.812. The zero-order chi connectivity index (χ0) is 41.6. The van der Waals surface area contributed by atoms with Crippen LogP contribution in [0.3, 0.4) is 0 Å². The lowest BCUT2D eigenvalue weighted by Gasteiger charge is -2.40. The van der Waals surface area contributed by atoms with E-state index >= 15 is 0 Å². The Balaban J connectivity index is 2.40. The first-order valence-electron chi connectivity index (χ1n) is 23.4. The normalized spacial score (nSPS) is 21.4. The van der Waals surface area contributed by atoms with Gasteiger partial charge in [0.25, 0.3) is 0 Å². The largest absolute Gasteiger partial charge is 0.394 e. The molecule has 0 bridgehead atoms. The number of unbranched alkanes of at least 4 members (excludes halogenated alkanes) is 22. The first-order chi connectivity index (χ1) is 27.8. The molecule has 0 spiro atoms. The number of hydrogen-bond acceptors (Lipinski definition) is 8. The average molecular weight is 806 g/mol. The highest BCUT2D eigenvalue weighted by Gasteiger charge is 2.44. The summed E-state index contributed by atoms with van der Waals surface area (Å²) in [5, 5.41) is 54.1.